The van der Waals surface area contributed by atoms with Crippen molar-refractivity contribution in [3.05, 3.63) is 69.3 Å². The van der Waals surface area contributed by atoms with Gasteiger partial charge in [-0.1, -0.05) is 24.3 Å². The van der Waals surface area contributed by atoms with Crippen LogP contribution in [0.1, 0.15) is 35.3 Å². The number of rotatable bonds is 4. The molecule has 0 N–H and O–H groups in total. The van der Waals surface area contributed by atoms with E-state index in [1.165, 1.54) is 25.1 Å². The predicted molar refractivity (Wildman–Crippen MR) is 99.8 cm³/mol. The fourth-order valence-electron chi connectivity index (χ4n) is 3.31. The minimum Gasteiger partial charge on any atom is -0.449 e. The molecular formula is C20H20N2O5. The number of nitro benzene ring substituents is 1. The molecule has 0 saturated carbocycles. The van der Waals surface area contributed by atoms with Gasteiger partial charge in [-0.25, -0.2) is 4.79 Å². The topological polar surface area (TPSA) is 89.8 Å². The number of carbonyl (C=O) groups excluding carboxylic acids is 2. The van der Waals surface area contributed by atoms with E-state index < -0.39 is 17.0 Å². The zero-order valence-electron chi connectivity index (χ0n) is 15.3. The number of ether oxygens (including phenoxy) is 1. The van der Waals surface area contributed by atoms with E-state index in [9.17, 15) is 19.7 Å². The Kier molecular flexibility index (Phi) is 4.94. The smallest absolute Gasteiger partial charge is 0.339 e. The van der Waals surface area contributed by atoms with E-state index in [0.717, 1.165) is 17.7 Å². The van der Waals surface area contributed by atoms with Crippen molar-refractivity contribution in [2.75, 3.05) is 4.90 Å². The van der Waals surface area contributed by atoms with Gasteiger partial charge >= 0.3 is 5.97 Å². The Morgan fingerprint density at radius 2 is 1.96 bits per heavy atom. The van der Waals surface area contributed by atoms with Gasteiger partial charge in [0, 0.05) is 23.4 Å². The maximum Gasteiger partial charge on any atom is 0.339 e. The van der Waals surface area contributed by atoms with Crippen LogP contribution < -0.4 is 4.90 Å². The van der Waals surface area contributed by atoms with E-state index in [-0.39, 0.29) is 23.2 Å². The molecule has 0 aromatic heterocycles. The molecule has 2 aromatic rings. The van der Waals surface area contributed by atoms with E-state index >= 15 is 0 Å². The first-order valence-corrected chi connectivity index (χ1v) is 8.66. The number of anilines is 1. The van der Waals surface area contributed by atoms with Crippen LogP contribution in [-0.2, 0) is 16.0 Å². The molecule has 1 aliphatic rings. The van der Waals surface area contributed by atoms with Crippen LogP contribution in [0.5, 0.6) is 0 Å². The van der Waals surface area contributed by atoms with Gasteiger partial charge in [-0.2, -0.15) is 0 Å². The highest BCUT2D eigenvalue weighted by molar-refractivity contribution is 6.01. The standard InChI is InChI=1S/C20H20N2O5/c1-12-8-9-16(11-18(12)22(25)26)20(24)27-14(3)19(23)21-13(2)10-15-6-4-5-7-17(15)21/h4-9,11,13-14H,10H2,1-3H3/t13-,14-/m0/s1. The number of amides is 1. The number of para-hydroxylation sites is 1. The summed E-state index contributed by atoms with van der Waals surface area (Å²) in [6, 6.07) is 11.7. The van der Waals surface area contributed by atoms with Crippen LogP contribution in [0.15, 0.2) is 42.5 Å². The van der Waals surface area contributed by atoms with E-state index in [1.54, 1.807) is 11.8 Å². The maximum absolute atomic E-state index is 12.9. The first kappa shape index (κ1) is 18.6. The molecule has 0 fully saturated rings. The quantitative estimate of drug-likeness (QED) is 0.468. The second kappa shape index (κ2) is 7.19. The van der Waals surface area contributed by atoms with Gasteiger partial charge < -0.3 is 9.64 Å². The number of nitro groups is 1. The van der Waals surface area contributed by atoms with E-state index in [2.05, 4.69) is 0 Å². The molecular weight excluding hydrogens is 348 g/mol. The fourth-order valence-corrected chi connectivity index (χ4v) is 3.31. The Balaban J connectivity index is 1.76. The van der Waals surface area contributed by atoms with Crippen molar-refractivity contribution >= 4 is 23.3 Å². The molecule has 0 spiro atoms. The van der Waals surface area contributed by atoms with Crippen molar-refractivity contribution in [3.63, 3.8) is 0 Å². The third kappa shape index (κ3) is 3.53. The predicted octanol–water partition coefficient (Wildman–Crippen LogP) is 3.43. The van der Waals surface area contributed by atoms with Crippen molar-refractivity contribution in [2.45, 2.75) is 39.3 Å². The largest absolute Gasteiger partial charge is 0.449 e. The minimum absolute atomic E-state index is 0.0310. The maximum atomic E-state index is 12.9. The van der Waals surface area contributed by atoms with Crippen molar-refractivity contribution in [1.29, 1.82) is 0 Å². The molecule has 2 atom stereocenters. The Labute approximate surface area is 156 Å². The molecule has 0 unspecified atom stereocenters. The number of nitrogens with zero attached hydrogens (tertiary/aromatic N) is 2. The highest BCUT2D eigenvalue weighted by Crippen LogP contribution is 2.32. The Morgan fingerprint density at radius 3 is 2.67 bits per heavy atom. The van der Waals surface area contributed by atoms with Crippen molar-refractivity contribution < 1.29 is 19.2 Å². The lowest BCUT2D eigenvalue weighted by Gasteiger charge is -2.25. The molecule has 1 heterocycles. The van der Waals surface area contributed by atoms with Gasteiger partial charge in [-0.15, -0.1) is 0 Å². The van der Waals surface area contributed by atoms with Gasteiger partial charge in [0.15, 0.2) is 6.10 Å². The summed E-state index contributed by atoms with van der Waals surface area (Å²) in [5.74, 6) is -1.08. The van der Waals surface area contributed by atoms with Gasteiger partial charge in [-0.05, 0) is 44.9 Å². The number of carbonyl (C=O) groups is 2. The highest BCUT2D eigenvalue weighted by Gasteiger charge is 2.34. The zero-order chi connectivity index (χ0) is 19.7. The number of aryl methyl sites for hydroxylation is 1. The van der Waals surface area contributed by atoms with Gasteiger partial charge in [-0.3, -0.25) is 14.9 Å². The molecule has 1 aliphatic heterocycles. The molecule has 27 heavy (non-hydrogen) atoms. The Morgan fingerprint density at radius 1 is 1.26 bits per heavy atom. The second-order valence-corrected chi connectivity index (χ2v) is 6.70. The van der Waals surface area contributed by atoms with Crippen LogP contribution in [0.2, 0.25) is 0 Å². The van der Waals surface area contributed by atoms with E-state index in [1.807, 2.05) is 31.2 Å². The van der Waals surface area contributed by atoms with E-state index in [4.69, 9.17) is 4.74 Å². The molecule has 0 saturated heterocycles. The Bertz CT molecular complexity index is 924. The van der Waals surface area contributed by atoms with Gasteiger partial charge in [0.2, 0.25) is 0 Å². The van der Waals surface area contributed by atoms with Crippen LogP contribution in [0, 0.1) is 17.0 Å². The minimum atomic E-state index is -1.01. The van der Waals surface area contributed by atoms with Crippen LogP contribution >= 0.6 is 0 Å². The van der Waals surface area contributed by atoms with E-state index in [0.29, 0.717) is 5.56 Å². The zero-order valence-corrected chi connectivity index (χ0v) is 15.3. The summed E-state index contributed by atoms with van der Waals surface area (Å²) in [6.07, 6.45) is -0.265. The first-order chi connectivity index (χ1) is 12.8. The molecule has 2 aromatic carbocycles. The van der Waals surface area contributed by atoms with Crippen molar-refractivity contribution in [3.8, 4) is 0 Å². The number of hydrogen-bond donors (Lipinski definition) is 0. The summed E-state index contributed by atoms with van der Waals surface area (Å²) in [5.41, 5.74) is 2.23. The van der Waals surface area contributed by atoms with Crippen LogP contribution in [0.25, 0.3) is 0 Å². The molecule has 0 bridgehead atoms. The average molecular weight is 368 g/mol. The van der Waals surface area contributed by atoms with Crippen molar-refractivity contribution in [2.24, 2.45) is 0 Å². The molecule has 3 rings (SSSR count). The summed E-state index contributed by atoms with van der Waals surface area (Å²) in [5, 5.41) is 11.0. The summed E-state index contributed by atoms with van der Waals surface area (Å²) < 4.78 is 5.30. The van der Waals surface area contributed by atoms with Gasteiger partial charge in [0.25, 0.3) is 11.6 Å². The summed E-state index contributed by atoms with van der Waals surface area (Å²) >= 11 is 0. The van der Waals surface area contributed by atoms with Crippen LogP contribution in [-0.4, -0.2) is 28.9 Å². The second-order valence-electron chi connectivity index (χ2n) is 6.70. The molecule has 7 heteroatoms. The summed E-state index contributed by atoms with van der Waals surface area (Å²) in [4.78, 5) is 37.4. The highest BCUT2D eigenvalue weighted by atomic mass is 16.6. The third-order valence-electron chi connectivity index (χ3n) is 4.72. The van der Waals surface area contributed by atoms with Crippen LogP contribution in [0.3, 0.4) is 0 Å². The lowest BCUT2D eigenvalue weighted by Crippen LogP contribution is -2.43. The first-order valence-electron chi connectivity index (χ1n) is 8.66. The van der Waals surface area contributed by atoms with Crippen molar-refractivity contribution in [1.82, 2.24) is 0 Å². The third-order valence-corrected chi connectivity index (χ3v) is 4.72. The number of hydrogen-bond acceptors (Lipinski definition) is 5. The molecule has 7 nitrogen and oxygen atoms in total. The monoisotopic (exact) mass is 368 g/mol. The molecule has 140 valence electrons. The van der Waals surface area contributed by atoms with Crippen LogP contribution in [0.4, 0.5) is 11.4 Å². The van der Waals surface area contributed by atoms with Gasteiger partial charge in [0.1, 0.15) is 0 Å². The normalized spacial score (nSPS) is 16.6. The number of fused-ring (bicyclic) bond motifs is 1. The lowest BCUT2D eigenvalue weighted by atomic mass is 10.1. The molecule has 1 amide bonds. The summed E-state index contributed by atoms with van der Waals surface area (Å²) in [6.45, 7) is 5.04. The number of esters is 1. The fraction of sp³-hybridized carbons (Fsp3) is 0.300. The number of benzene rings is 2. The summed E-state index contributed by atoms with van der Waals surface area (Å²) in [7, 11) is 0. The molecule has 0 radical (unpaired) electrons. The molecule has 0 aliphatic carbocycles. The average Bonchev–Trinajstić information content (AvgIpc) is 2.96. The van der Waals surface area contributed by atoms with Gasteiger partial charge in [0.05, 0.1) is 10.5 Å². The SMILES string of the molecule is Cc1ccc(C(=O)O[C@@H](C)C(=O)N2c3ccccc3C[C@@H]2C)cc1[N+](=O)[O-]. The lowest BCUT2D eigenvalue weighted by molar-refractivity contribution is -0.385. The Hall–Kier alpha value is -3.22.